The first-order valence-electron chi connectivity index (χ1n) is 5.97. The number of rotatable bonds is 5. The molecule has 0 unspecified atom stereocenters. The lowest BCUT2D eigenvalue weighted by Gasteiger charge is -2.10. The molecule has 0 radical (unpaired) electrons. The predicted octanol–water partition coefficient (Wildman–Crippen LogP) is 1.27. The van der Waals surface area contributed by atoms with Gasteiger partial charge in [-0.2, -0.15) is 4.39 Å². The molecule has 0 spiro atoms. The number of aromatic carboxylic acids is 1. The molecular weight excluding hydrogens is 288 g/mol. The van der Waals surface area contributed by atoms with Crippen LogP contribution in [0.15, 0.2) is 17.1 Å². The summed E-state index contributed by atoms with van der Waals surface area (Å²) in [4.78, 5) is 25.2. The fourth-order valence-electron chi connectivity index (χ4n) is 1.81. The number of aromatic amines is 1. The van der Waals surface area contributed by atoms with Crippen LogP contribution in [-0.4, -0.2) is 34.4 Å². The maximum Gasteiger partial charge on any atom is 0.341 e. The van der Waals surface area contributed by atoms with E-state index in [9.17, 15) is 18.4 Å². The highest BCUT2D eigenvalue weighted by Gasteiger charge is 2.20. The van der Waals surface area contributed by atoms with Crippen molar-refractivity contribution in [2.75, 3.05) is 13.2 Å². The van der Waals surface area contributed by atoms with Crippen LogP contribution in [0.1, 0.15) is 16.8 Å². The van der Waals surface area contributed by atoms with Gasteiger partial charge in [-0.15, -0.1) is 0 Å². The van der Waals surface area contributed by atoms with Crippen LogP contribution in [0.2, 0.25) is 0 Å². The third-order valence-corrected chi connectivity index (χ3v) is 2.81. The Morgan fingerprint density at radius 3 is 2.71 bits per heavy atom. The molecule has 1 aromatic carbocycles. The van der Waals surface area contributed by atoms with Gasteiger partial charge in [-0.3, -0.25) is 4.79 Å². The highest BCUT2D eigenvalue weighted by Crippen LogP contribution is 2.28. The molecule has 0 atom stereocenters. The summed E-state index contributed by atoms with van der Waals surface area (Å²) in [5, 5.41) is 17.2. The summed E-state index contributed by atoms with van der Waals surface area (Å²) in [7, 11) is 0. The van der Waals surface area contributed by atoms with E-state index >= 15 is 0 Å². The van der Waals surface area contributed by atoms with E-state index in [1.54, 1.807) is 0 Å². The third-order valence-electron chi connectivity index (χ3n) is 2.81. The van der Waals surface area contributed by atoms with E-state index in [4.69, 9.17) is 14.9 Å². The molecule has 112 valence electrons. The number of hydrogen-bond acceptors (Lipinski definition) is 4. The number of fused-ring (bicyclic) bond motifs is 1. The standard InChI is InChI=1S/C13H11F2NO5/c14-8-4-6-10(12(9(8)15)21-3-1-2-17)16-5-7(11(6)18)13(19)20/h4-5,17H,1-3H2,(H,16,18)(H,19,20). The van der Waals surface area contributed by atoms with E-state index in [2.05, 4.69) is 4.98 Å². The number of hydrogen-bond donors (Lipinski definition) is 3. The molecule has 1 heterocycles. The van der Waals surface area contributed by atoms with Gasteiger partial charge in [0.25, 0.3) is 0 Å². The maximum atomic E-state index is 13.7. The molecule has 21 heavy (non-hydrogen) atoms. The van der Waals surface area contributed by atoms with Gasteiger partial charge >= 0.3 is 5.97 Å². The maximum absolute atomic E-state index is 13.7. The van der Waals surface area contributed by atoms with Gasteiger partial charge in [-0.1, -0.05) is 0 Å². The monoisotopic (exact) mass is 299 g/mol. The number of carboxylic acid groups (broad SMARTS) is 1. The summed E-state index contributed by atoms with van der Waals surface area (Å²) in [6.07, 6.45) is 1.08. The lowest BCUT2D eigenvalue weighted by molar-refractivity contribution is 0.0695. The van der Waals surface area contributed by atoms with Crippen molar-refractivity contribution in [3.8, 4) is 5.75 Å². The number of H-pyrrole nitrogens is 1. The van der Waals surface area contributed by atoms with Crippen molar-refractivity contribution in [2.24, 2.45) is 0 Å². The first-order chi connectivity index (χ1) is 9.97. The van der Waals surface area contributed by atoms with Crippen LogP contribution in [-0.2, 0) is 0 Å². The van der Waals surface area contributed by atoms with Gasteiger partial charge < -0.3 is 19.9 Å². The quantitative estimate of drug-likeness (QED) is 0.722. The van der Waals surface area contributed by atoms with Crippen LogP contribution in [0, 0.1) is 11.6 Å². The summed E-state index contributed by atoms with van der Waals surface area (Å²) >= 11 is 0. The Kier molecular flexibility index (Phi) is 4.18. The second-order valence-corrected chi connectivity index (χ2v) is 4.19. The first-order valence-corrected chi connectivity index (χ1v) is 5.97. The van der Waals surface area contributed by atoms with Crippen molar-refractivity contribution in [1.29, 1.82) is 0 Å². The summed E-state index contributed by atoms with van der Waals surface area (Å²) in [6, 6.07) is 0.620. The van der Waals surface area contributed by atoms with Crippen LogP contribution in [0.5, 0.6) is 5.75 Å². The van der Waals surface area contributed by atoms with Crippen LogP contribution in [0.25, 0.3) is 10.9 Å². The second-order valence-electron chi connectivity index (χ2n) is 4.19. The molecule has 0 aliphatic carbocycles. The largest absolute Gasteiger partial charge is 0.488 e. The highest BCUT2D eigenvalue weighted by molar-refractivity contribution is 5.94. The molecule has 0 aliphatic rings. The van der Waals surface area contributed by atoms with Gasteiger partial charge in [0.1, 0.15) is 5.56 Å². The van der Waals surface area contributed by atoms with Crippen LogP contribution < -0.4 is 10.2 Å². The molecule has 0 saturated heterocycles. The molecule has 0 fully saturated rings. The van der Waals surface area contributed by atoms with E-state index < -0.39 is 34.3 Å². The zero-order valence-electron chi connectivity index (χ0n) is 10.7. The van der Waals surface area contributed by atoms with Crippen molar-refractivity contribution in [2.45, 2.75) is 6.42 Å². The number of aliphatic hydroxyl groups excluding tert-OH is 1. The molecule has 0 saturated carbocycles. The molecule has 1 aromatic heterocycles. The summed E-state index contributed by atoms with van der Waals surface area (Å²) in [5.41, 5.74) is -1.67. The highest BCUT2D eigenvalue weighted by atomic mass is 19.2. The Hall–Kier alpha value is -2.48. The normalized spacial score (nSPS) is 10.8. The van der Waals surface area contributed by atoms with E-state index in [1.807, 2.05) is 0 Å². The van der Waals surface area contributed by atoms with Crippen molar-refractivity contribution < 1.29 is 28.5 Å². The Bertz CT molecular complexity index is 756. The lowest BCUT2D eigenvalue weighted by Crippen LogP contribution is -2.16. The average molecular weight is 299 g/mol. The number of pyridine rings is 1. The Morgan fingerprint density at radius 1 is 1.38 bits per heavy atom. The minimum absolute atomic E-state index is 0.0886. The van der Waals surface area contributed by atoms with E-state index in [-0.39, 0.29) is 30.5 Å². The van der Waals surface area contributed by atoms with Gasteiger partial charge in [-0.05, 0) is 6.07 Å². The van der Waals surface area contributed by atoms with Crippen LogP contribution >= 0.6 is 0 Å². The number of carboxylic acids is 1. The number of halogens is 2. The summed E-state index contributed by atoms with van der Waals surface area (Å²) in [6.45, 7) is -0.288. The molecule has 6 nitrogen and oxygen atoms in total. The number of benzene rings is 1. The van der Waals surface area contributed by atoms with E-state index in [0.717, 1.165) is 6.20 Å². The fraction of sp³-hybridized carbons (Fsp3) is 0.231. The molecule has 0 aliphatic heterocycles. The fourth-order valence-corrected chi connectivity index (χ4v) is 1.81. The van der Waals surface area contributed by atoms with Gasteiger partial charge in [0.15, 0.2) is 11.6 Å². The third kappa shape index (κ3) is 2.70. The number of aliphatic hydroxyl groups is 1. The zero-order valence-corrected chi connectivity index (χ0v) is 10.7. The summed E-state index contributed by atoms with van der Waals surface area (Å²) in [5.74, 6) is -4.62. The number of aromatic nitrogens is 1. The molecule has 0 bridgehead atoms. The van der Waals surface area contributed by atoms with E-state index in [1.165, 1.54) is 0 Å². The lowest BCUT2D eigenvalue weighted by atomic mass is 10.1. The summed E-state index contributed by atoms with van der Waals surface area (Å²) < 4.78 is 32.3. The molecule has 3 N–H and O–H groups in total. The Balaban J connectivity index is 2.67. The molecule has 2 rings (SSSR count). The number of nitrogens with one attached hydrogen (secondary N) is 1. The van der Waals surface area contributed by atoms with Gasteiger partial charge in [0.05, 0.1) is 17.5 Å². The van der Waals surface area contributed by atoms with Crippen molar-refractivity contribution in [3.63, 3.8) is 0 Å². The van der Waals surface area contributed by atoms with Crippen LogP contribution in [0.4, 0.5) is 8.78 Å². The Morgan fingerprint density at radius 2 is 2.10 bits per heavy atom. The molecule has 0 amide bonds. The van der Waals surface area contributed by atoms with E-state index in [0.29, 0.717) is 6.07 Å². The Labute approximate surface area is 116 Å². The first kappa shape index (κ1) is 14.9. The van der Waals surface area contributed by atoms with Gasteiger partial charge in [-0.25, -0.2) is 9.18 Å². The van der Waals surface area contributed by atoms with Gasteiger partial charge in [0.2, 0.25) is 11.2 Å². The number of carbonyl (C=O) groups is 1. The molecule has 8 heteroatoms. The topological polar surface area (TPSA) is 99.6 Å². The SMILES string of the molecule is O=C(O)c1c[nH]c2c(OCCCO)c(F)c(F)cc2c1=O. The minimum Gasteiger partial charge on any atom is -0.488 e. The van der Waals surface area contributed by atoms with Crippen molar-refractivity contribution in [1.82, 2.24) is 4.98 Å². The van der Waals surface area contributed by atoms with Crippen LogP contribution in [0.3, 0.4) is 0 Å². The van der Waals surface area contributed by atoms with Crippen molar-refractivity contribution in [3.05, 3.63) is 39.7 Å². The zero-order chi connectivity index (χ0) is 15.6. The predicted molar refractivity (Wildman–Crippen MR) is 68.6 cm³/mol. The molecule has 2 aromatic rings. The smallest absolute Gasteiger partial charge is 0.341 e. The number of ether oxygens (including phenoxy) is 1. The molecular formula is C13H11F2NO5. The van der Waals surface area contributed by atoms with Crippen molar-refractivity contribution >= 4 is 16.9 Å². The van der Waals surface area contributed by atoms with Gasteiger partial charge in [0, 0.05) is 19.2 Å². The minimum atomic E-state index is -1.48. The second kappa shape index (κ2) is 5.88. The average Bonchev–Trinajstić information content (AvgIpc) is 2.44.